The maximum Gasteiger partial charge on any atom is 0.305 e. The van der Waals surface area contributed by atoms with Crippen LogP contribution in [-0.4, -0.2) is 33.1 Å². The lowest BCUT2D eigenvalue weighted by Crippen LogP contribution is -2.32. The molecule has 1 heterocycles. The van der Waals surface area contributed by atoms with E-state index < -0.39 is 11.2 Å². The highest BCUT2D eigenvalue weighted by Crippen LogP contribution is 2.33. The molecule has 7 heteroatoms. The molecule has 6 nitrogen and oxygen atoms in total. The monoisotopic (exact) mass is 361 g/mol. The number of anilines is 1. The summed E-state index contributed by atoms with van der Waals surface area (Å²) >= 11 is 1.17. The number of hydrogen-bond acceptors (Lipinski definition) is 5. The Balaban J connectivity index is 2.34. The van der Waals surface area contributed by atoms with E-state index in [1.807, 2.05) is 18.2 Å². The van der Waals surface area contributed by atoms with Gasteiger partial charge in [-0.05, 0) is 25.0 Å². The van der Waals surface area contributed by atoms with Gasteiger partial charge in [0.25, 0.3) is 0 Å². The summed E-state index contributed by atoms with van der Waals surface area (Å²) in [5, 5.41) is 17.5. The molecule has 0 saturated carbocycles. The lowest BCUT2D eigenvalue weighted by molar-refractivity contribution is -0.138. The maximum absolute atomic E-state index is 12.7. The van der Waals surface area contributed by atoms with Crippen molar-refractivity contribution in [2.45, 2.75) is 51.2 Å². The SMILES string of the molecule is CCCC(CCC)=N/N=C1/S[C@@H](CC(=O)O)C(=O)N1c1ccccc1. The number of aliphatic carboxylic acids is 1. The van der Waals surface area contributed by atoms with Gasteiger partial charge in [-0.25, -0.2) is 0 Å². The van der Waals surface area contributed by atoms with Crippen molar-refractivity contribution < 1.29 is 14.7 Å². The van der Waals surface area contributed by atoms with Crippen molar-refractivity contribution in [1.82, 2.24) is 0 Å². The molecule has 0 spiro atoms. The van der Waals surface area contributed by atoms with Crippen molar-refractivity contribution in [3.8, 4) is 0 Å². The summed E-state index contributed by atoms with van der Waals surface area (Å²) in [6.45, 7) is 4.18. The van der Waals surface area contributed by atoms with Gasteiger partial charge in [0.15, 0.2) is 5.17 Å². The van der Waals surface area contributed by atoms with Gasteiger partial charge in [-0.2, -0.15) is 5.10 Å². The van der Waals surface area contributed by atoms with E-state index in [1.54, 1.807) is 12.1 Å². The van der Waals surface area contributed by atoms with Crippen molar-refractivity contribution >= 4 is 40.2 Å². The molecule has 1 saturated heterocycles. The summed E-state index contributed by atoms with van der Waals surface area (Å²) in [7, 11) is 0. The quantitative estimate of drug-likeness (QED) is 0.562. The first-order valence-electron chi connectivity index (χ1n) is 8.47. The molecule has 1 aliphatic heterocycles. The molecule has 1 aromatic carbocycles. The minimum atomic E-state index is -0.999. The molecule has 2 rings (SSSR count). The van der Waals surface area contributed by atoms with E-state index in [9.17, 15) is 9.59 Å². The Morgan fingerprint density at radius 1 is 1.20 bits per heavy atom. The molecular formula is C18H23N3O3S. The van der Waals surface area contributed by atoms with Crippen LogP contribution in [-0.2, 0) is 9.59 Å². The molecule has 0 unspecified atom stereocenters. The van der Waals surface area contributed by atoms with E-state index in [-0.39, 0.29) is 12.3 Å². The number of hydrogen-bond donors (Lipinski definition) is 1. The topological polar surface area (TPSA) is 82.3 Å². The Labute approximate surface area is 152 Å². The molecule has 25 heavy (non-hydrogen) atoms. The Hall–Kier alpha value is -2.15. The summed E-state index contributed by atoms with van der Waals surface area (Å²) in [5.74, 6) is -1.26. The fraction of sp³-hybridized carbons (Fsp3) is 0.444. The zero-order valence-electron chi connectivity index (χ0n) is 14.5. The van der Waals surface area contributed by atoms with Gasteiger partial charge in [0.2, 0.25) is 5.91 Å². The second-order valence-electron chi connectivity index (χ2n) is 5.76. The van der Waals surface area contributed by atoms with Gasteiger partial charge < -0.3 is 5.11 Å². The van der Waals surface area contributed by atoms with Gasteiger partial charge in [0, 0.05) is 5.71 Å². The molecule has 0 radical (unpaired) electrons. The largest absolute Gasteiger partial charge is 0.481 e. The van der Waals surface area contributed by atoms with Crippen LogP contribution < -0.4 is 4.90 Å². The number of nitrogens with zero attached hydrogens (tertiary/aromatic N) is 3. The van der Waals surface area contributed by atoms with Crippen LogP contribution in [0.15, 0.2) is 40.5 Å². The van der Waals surface area contributed by atoms with Crippen LogP contribution >= 0.6 is 11.8 Å². The Morgan fingerprint density at radius 3 is 2.40 bits per heavy atom. The lowest BCUT2D eigenvalue weighted by atomic mass is 10.1. The van der Waals surface area contributed by atoms with E-state index in [1.165, 1.54) is 16.7 Å². The average Bonchev–Trinajstić information content (AvgIpc) is 2.89. The van der Waals surface area contributed by atoms with Crippen LogP contribution in [0, 0.1) is 0 Å². The van der Waals surface area contributed by atoms with Crippen LogP contribution in [0.4, 0.5) is 5.69 Å². The van der Waals surface area contributed by atoms with E-state index >= 15 is 0 Å². The number of carboxylic acid groups (broad SMARTS) is 1. The van der Waals surface area contributed by atoms with E-state index in [4.69, 9.17) is 5.11 Å². The van der Waals surface area contributed by atoms with Gasteiger partial charge in [0.1, 0.15) is 5.25 Å². The normalized spacial score (nSPS) is 18.6. The molecular weight excluding hydrogens is 338 g/mol. The first-order valence-corrected chi connectivity index (χ1v) is 9.35. The van der Waals surface area contributed by atoms with Crippen LogP contribution in [0.25, 0.3) is 0 Å². The van der Waals surface area contributed by atoms with Crippen molar-refractivity contribution in [2.24, 2.45) is 10.2 Å². The fourth-order valence-electron chi connectivity index (χ4n) is 2.55. The Bertz CT molecular complexity index is 665. The third-order valence-electron chi connectivity index (χ3n) is 3.66. The Morgan fingerprint density at radius 2 is 1.84 bits per heavy atom. The highest BCUT2D eigenvalue weighted by Gasteiger charge is 2.40. The summed E-state index contributed by atoms with van der Waals surface area (Å²) in [6, 6.07) is 9.14. The van der Waals surface area contributed by atoms with E-state index in [2.05, 4.69) is 24.1 Å². The maximum atomic E-state index is 12.7. The average molecular weight is 361 g/mol. The van der Waals surface area contributed by atoms with Gasteiger partial charge in [-0.1, -0.05) is 56.7 Å². The van der Waals surface area contributed by atoms with Crippen LogP contribution in [0.5, 0.6) is 0 Å². The second-order valence-corrected chi connectivity index (χ2v) is 6.93. The molecule has 1 atom stereocenters. The number of para-hydroxylation sites is 1. The number of benzene rings is 1. The van der Waals surface area contributed by atoms with Gasteiger partial charge in [-0.15, -0.1) is 5.10 Å². The van der Waals surface area contributed by atoms with Gasteiger partial charge in [0.05, 0.1) is 12.1 Å². The third kappa shape index (κ3) is 5.16. The zero-order chi connectivity index (χ0) is 18.2. The van der Waals surface area contributed by atoms with Crippen molar-refractivity contribution in [3.63, 3.8) is 0 Å². The first-order chi connectivity index (χ1) is 12.1. The number of carbonyl (C=O) groups excluding carboxylic acids is 1. The molecule has 0 aromatic heterocycles. The Kier molecular flexibility index (Phi) is 7.18. The minimum absolute atomic E-state index is 0.230. The second kappa shape index (κ2) is 9.36. The van der Waals surface area contributed by atoms with Crippen LogP contribution in [0.2, 0.25) is 0 Å². The standard InChI is InChI=1S/C18H23N3O3S/c1-3-8-13(9-4-2)19-20-18-21(14-10-6-5-7-11-14)17(24)15(25-18)12-16(22)23/h5-7,10-11,15H,3-4,8-9,12H2,1-2H3,(H,22,23)/b20-18+/t15-/m0/s1. The molecule has 1 aromatic rings. The number of thioether (sulfide) groups is 1. The van der Waals surface area contributed by atoms with Crippen molar-refractivity contribution in [1.29, 1.82) is 0 Å². The van der Waals surface area contributed by atoms with E-state index in [0.29, 0.717) is 10.9 Å². The predicted molar refractivity (Wildman–Crippen MR) is 102 cm³/mol. The molecule has 1 aliphatic rings. The molecule has 1 amide bonds. The smallest absolute Gasteiger partial charge is 0.305 e. The van der Waals surface area contributed by atoms with Crippen LogP contribution in [0.3, 0.4) is 0 Å². The number of amides is 1. The minimum Gasteiger partial charge on any atom is -0.481 e. The van der Waals surface area contributed by atoms with E-state index in [0.717, 1.165) is 31.4 Å². The summed E-state index contributed by atoms with van der Waals surface area (Å²) in [4.78, 5) is 25.2. The van der Waals surface area contributed by atoms with Crippen molar-refractivity contribution in [2.75, 3.05) is 4.90 Å². The predicted octanol–water partition coefficient (Wildman–Crippen LogP) is 3.92. The number of carboxylic acids is 1. The molecule has 134 valence electrons. The number of rotatable bonds is 8. The van der Waals surface area contributed by atoms with Crippen LogP contribution in [0.1, 0.15) is 46.0 Å². The zero-order valence-corrected chi connectivity index (χ0v) is 15.3. The lowest BCUT2D eigenvalue weighted by Gasteiger charge is -2.15. The molecule has 0 bridgehead atoms. The summed E-state index contributed by atoms with van der Waals surface area (Å²) in [6.07, 6.45) is 3.48. The fourth-order valence-corrected chi connectivity index (χ4v) is 3.63. The number of carbonyl (C=O) groups is 2. The van der Waals surface area contributed by atoms with Gasteiger partial charge in [-0.3, -0.25) is 14.5 Å². The third-order valence-corrected chi connectivity index (χ3v) is 4.79. The summed E-state index contributed by atoms with van der Waals surface area (Å²) < 4.78 is 0. The molecule has 1 N–H and O–H groups in total. The molecule has 0 aliphatic carbocycles. The van der Waals surface area contributed by atoms with Crippen molar-refractivity contribution in [3.05, 3.63) is 30.3 Å². The highest BCUT2D eigenvalue weighted by atomic mass is 32.2. The molecule has 1 fully saturated rings. The first kappa shape index (κ1) is 19.2. The highest BCUT2D eigenvalue weighted by molar-refractivity contribution is 8.16. The summed E-state index contributed by atoms with van der Waals surface area (Å²) in [5.41, 5.74) is 1.68. The number of amidine groups is 1. The van der Waals surface area contributed by atoms with Gasteiger partial charge >= 0.3 is 5.97 Å².